The highest BCUT2D eigenvalue weighted by atomic mass is 35.5. The van der Waals surface area contributed by atoms with E-state index in [0.717, 1.165) is 31.6 Å². The van der Waals surface area contributed by atoms with Crippen molar-refractivity contribution < 1.29 is 14.7 Å². The van der Waals surface area contributed by atoms with Crippen LogP contribution < -0.4 is 4.90 Å². The third kappa shape index (κ3) is 3.26. The first-order chi connectivity index (χ1) is 13.6. The number of aliphatic hydroxyl groups is 1. The molecular formula is C21H28ClN3O3. The van der Waals surface area contributed by atoms with Crippen molar-refractivity contribution in [2.75, 3.05) is 44.2 Å². The third-order valence-corrected chi connectivity index (χ3v) is 6.75. The Morgan fingerprint density at radius 3 is 2.46 bits per heavy atom. The van der Waals surface area contributed by atoms with Gasteiger partial charge in [0, 0.05) is 38.3 Å². The molecule has 7 heteroatoms. The number of rotatable bonds is 4. The standard InChI is InChI=1S/C21H28ClN3O3/c22-17-15-16(5-6-18(17)23-9-1-2-10-23)19(27)25-12-4-8-21(25)7-3-11-24(13-14-26)20(21)28/h5-6,15,26H,1-4,7-14H2. The molecule has 2 amide bonds. The van der Waals surface area contributed by atoms with E-state index in [0.29, 0.717) is 43.1 Å². The largest absolute Gasteiger partial charge is 0.395 e. The van der Waals surface area contributed by atoms with Crippen molar-refractivity contribution in [2.24, 2.45) is 0 Å². The molecule has 6 nitrogen and oxygen atoms in total. The minimum atomic E-state index is -0.759. The van der Waals surface area contributed by atoms with Crippen LogP contribution in [0.2, 0.25) is 5.02 Å². The van der Waals surface area contributed by atoms with Gasteiger partial charge in [0.05, 0.1) is 17.3 Å². The molecule has 3 heterocycles. The monoisotopic (exact) mass is 405 g/mol. The van der Waals surface area contributed by atoms with Gasteiger partial charge in [0.15, 0.2) is 0 Å². The molecule has 4 rings (SSSR count). The molecule has 1 aromatic rings. The highest BCUT2D eigenvalue weighted by molar-refractivity contribution is 6.33. The van der Waals surface area contributed by atoms with Crippen LogP contribution in [0.1, 0.15) is 48.9 Å². The summed E-state index contributed by atoms with van der Waals surface area (Å²) >= 11 is 6.52. The van der Waals surface area contributed by atoms with E-state index < -0.39 is 5.54 Å². The predicted molar refractivity (Wildman–Crippen MR) is 109 cm³/mol. The number of halogens is 1. The van der Waals surface area contributed by atoms with Crippen LogP contribution in [0, 0.1) is 0 Å². The van der Waals surface area contributed by atoms with Gasteiger partial charge in [-0.05, 0) is 56.7 Å². The molecule has 152 valence electrons. The van der Waals surface area contributed by atoms with Gasteiger partial charge in [0.25, 0.3) is 5.91 Å². The Kier molecular flexibility index (Phi) is 5.52. The molecule has 1 spiro atoms. The first-order valence-electron chi connectivity index (χ1n) is 10.3. The van der Waals surface area contributed by atoms with Crippen LogP contribution >= 0.6 is 11.6 Å². The number of amides is 2. The smallest absolute Gasteiger partial charge is 0.254 e. The highest BCUT2D eigenvalue weighted by Gasteiger charge is 2.52. The maximum absolute atomic E-state index is 13.3. The molecule has 28 heavy (non-hydrogen) atoms. The van der Waals surface area contributed by atoms with Gasteiger partial charge in [-0.2, -0.15) is 0 Å². The number of hydrogen-bond acceptors (Lipinski definition) is 4. The summed E-state index contributed by atoms with van der Waals surface area (Å²) in [6.45, 7) is 3.51. The molecule has 3 saturated heterocycles. The Morgan fingerprint density at radius 1 is 1.07 bits per heavy atom. The third-order valence-electron chi connectivity index (χ3n) is 6.45. The SMILES string of the molecule is O=C(c1ccc(N2CCCC2)c(Cl)c1)N1CCCC12CCCN(CCO)C2=O. The molecule has 1 unspecified atom stereocenters. The number of carbonyl (C=O) groups excluding carboxylic acids is 2. The Morgan fingerprint density at radius 2 is 1.79 bits per heavy atom. The van der Waals surface area contributed by atoms with Gasteiger partial charge in [-0.1, -0.05) is 11.6 Å². The summed E-state index contributed by atoms with van der Waals surface area (Å²) in [4.78, 5) is 32.2. The topological polar surface area (TPSA) is 64.1 Å². The quantitative estimate of drug-likeness (QED) is 0.836. The van der Waals surface area contributed by atoms with E-state index in [9.17, 15) is 14.7 Å². The molecule has 1 N–H and O–H groups in total. The minimum absolute atomic E-state index is 0.0153. The molecule has 3 aliphatic heterocycles. The summed E-state index contributed by atoms with van der Waals surface area (Å²) in [5.74, 6) is -0.134. The van der Waals surface area contributed by atoms with Gasteiger partial charge in [-0.15, -0.1) is 0 Å². The van der Waals surface area contributed by atoms with Crippen molar-refractivity contribution in [1.82, 2.24) is 9.80 Å². The van der Waals surface area contributed by atoms with Crippen molar-refractivity contribution in [1.29, 1.82) is 0 Å². The second-order valence-electron chi connectivity index (χ2n) is 8.07. The number of piperidine rings is 1. The number of aliphatic hydroxyl groups excluding tert-OH is 1. The van der Waals surface area contributed by atoms with E-state index >= 15 is 0 Å². The number of β-amino-alcohol motifs (C(OH)–C–C–N with tert-alkyl or cyclic N) is 1. The van der Waals surface area contributed by atoms with Crippen molar-refractivity contribution >= 4 is 29.1 Å². The second kappa shape index (κ2) is 7.91. The molecule has 0 radical (unpaired) electrons. The Labute approximate surface area is 171 Å². The summed E-state index contributed by atoms with van der Waals surface area (Å²) < 4.78 is 0. The summed E-state index contributed by atoms with van der Waals surface area (Å²) in [7, 11) is 0. The van der Waals surface area contributed by atoms with Crippen LogP contribution in [0.25, 0.3) is 0 Å². The lowest BCUT2D eigenvalue weighted by Crippen LogP contribution is -2.61. The van der Waals surface area contributed by atoms with E-state index in [2.05, 4.69) is 4.90 Å². The van der Waals surface area contributed by atoms with Crippen molar-refractivity contribution in [3.05, 3.63) is 28.8 Å². The lowest BCUT2D eigenvalue weighted by atomic mass is 9.85. The molecule has 1 aromatic carbocycles. The Hall–Kier alpha value is -1.79. The van der Waals surface area contributed by atoms with Crippen LogP contribution in [0.15, 0.2) is 18.2 Å². The number of benzene rings is 1. The predicted octanol–water partition coefficient (Wildman–Crippen LogP) is 2.53. The zero-order valence-electron chi connectivity index (χ0n) is 16.2. The summed E-state index contributed by atoms with van der Waals surface area (Å²) in [6.07, 6.45) is 5.39. The maximum atomic E-state index is 13.3. The summed E-state index contributed by atoms with van der Waals surface area (Å²) in [5.41, 5.74) is 0.765. The fraction of sp³-hybridized carbons (Fsp3) is 0.619. The fourth-order valence-corrected chi connectivity index (χ4v) is 5.37. The lowest BCUT2D eigenvalue weighted by molar-refractivity contribution is -0.146. The molecule has 3 fully saturated rings. The van der Waals surface area contributed by atoms with Crippen LogP contribution in [-0.2, 0) is 4.79 Å². The molecule has 1 atom stereocenters. The van der Waals surface area contributed by atoms with Gasteiger partial charge in [-0.3, -0.25) is 9.59 Å². The van der Waals surface area contributed by atoms with E-state index in [-0.39, 0.29) is 18.4 Å². The van der Waals surface area contributed by atoms with E-state index in [1.165, 1.54) is 12.8 Å². The average Bonchev–Trinajstić information content (AvgIpc) is 3.36. The second-order valence-corrected chi connectivity index (χ2v) is 8.48. The van der Waals surface area contributed by atoms with Gasteiger partial charge in [0.2, 0.25) is 5.91 Å². The van der Waals surface area contributed by atoms with Gasteiger partial charge < -0.3 is 19.8 Å². The van der Waals surface area contributed by atoms with Crippen molar-refractivity contribution in [3.63, 3.8) is 0 Å². The van der Waals surface area contributed by atoms with E-state index in [1.807, 2.05) is 12.1 Å². The summed E-state index contributed by atoms with van der Waals surface area (Å²) in [5, 5.41) is 9.87. The number of likely N-dealkylation sites (tertiary alicyclic amines) is 2. The highest BCUT2D eigenvalue weighted by Crippen LogP contribution is 2.39. The zero-order valence-corrected chi connectivity index (χ0v) is 17.0. The minimum Gasteiger partial charge on any atom is -0.395 e. The van der Waals surface area contributed by atoms with Gasteiger partial charge in [0.1, 0.15) is 5.54 Å². The van der Waals surface area contributed by atoms with Crippen LogP contribution in [0.4, 0.5) is 5.69 Å². The van der Waals surface area contributed by atoms with Crippen LogP contribution in [-0.4, -0.2) is 71.6 Å². The van der Waals surface area contributed by atoms with Crippen molar-refractivity contribution in [2.45, 2.75) is 44.1 Å². The van der Waals surface area contributed by atoms with E-state index in [4.69, 9.17) is 11.6 Å². The first-order valence-corrected chi connectivity index (χ1v) is 10.7. The average molecular weight is 406 g/mol. The normalized spacial score (nSPS) is 25.2. The summed E-state index contributed by atoms with van der Waals surface area (Å²) in [6, 6.07) is 5.53. The van der Waals surface area contributed by atoms with E-state index in [1.54, 1.807) is 15.9 Å². The number of hydrogen-bond donors (Lipinski definition) is 1. The first kappa shape index (κ1) is 19.5. The molecular weight excluding hydrogens is 378 g/mol. The van der Waals surface area contributed by atoms with Crippen molar-refractivity contribution in [3.8, 4) is 0 Å². The van der Waals surface area contributed by atoms with Crippen LogP contribution in [0.3, 0.4) is 0 Å². The molecule has 0 saturated carbocycles. The van der Waals surface area contributed by atoms with Gasteiger partial charge >= 0.3 is 0 Å². The molecule has 3 aliphatic rings. The lowest BCUT2D eigenvalue weighted by Gasteiger charge is -2.44. The molecule has 0 aromatic heterocycles. The zero-order chi connectivity index (χ0) is 19.7. The fourth-order valence-electron chi connectivity index (χ4n) is 5.07. The number of nitrogens with zero attached hydrogens (tertiary/aromatic N) is 3. The molecule has 0 bridgehead atoms. The van der Waals surface area contributed by atoms with Crippen LogP contribution in [0.5, 0.6) is 0 Å². The number of carbonyl (C=O) groups is 2. The Balaban J connectivity index is 1.58. The van der Waals surface area contributed by atoms with Gasteiger partial charge in [-0.25, -0.2) is 0 Å². The Bertz CT molecular complexity index is 763. The maximum Gasteiger partial charge on any atom is 0.254 e. The molecule has 0 aliphatic carbocycles. The number of anilines is 1.